The molecule has 2 unspecified atom stereocenters. The minimum atomic E-state index is -4.64. The lowest BCUT2D eigenvalue weighted by atomic mass is 9.72. The Bertz CT molecular complexity index is 2200. The maximum atomic E-state index is 13.6. The molecule has 2 atom stereocenters. The first-order chi connectivity index (χ1) is 33.6. The molecule has 6 rings (SSSR count). The largest absolute Gasteiger partial charge is 0.490 e. The number of alkyl carbamates (subject to hydrolysis) is 1. The molecule has 15 nitrogen and oxygen atoms in total. The fraction of sp³-hybridized carbons (Fsp3) is 0.673. The van der Waals surface area contributed by atoms with Gasteiger partial charge in [0.05, 0.1) is 31.1 Å². The molecule has 2 aromatic rings. The molecule has 73 heavy (non-hydrogen) atoms. The predicted octanol–water partition coefficient (Wildman–Crippen LogP) is 10.3. The van der Waals surface area contributed by atoms with Crippen LogP contribution in [0.15, 0.2) is 36.4 Å². The maximum absolute atomic E-state index is 13.6. The number of halogens is 3. The molecule has 0 saturated heterocycles. The lowest BCUT2D eigenvalue weighted by Crippen LogP contribution is -2.50. The Morgan fingerprint density at radius 1 is 0.658 bits per heavy atom. The molecule has 18 heteroatoms. The van der Waals surface area contributed by atoms with E-state index in [1.807, 2.05) is 36.4 Å². The van der Waals surface area contributed by atoms with Gasteiger partial charge < -0.3 is 44.9 Å². The van der Waals surface area contributed by atoms with Gasteiger partial charge in [0, 0.05) is 24.5 Å². The summed E-state index contributed by atoms with van der Waals surface area (Å²) in [4.78, 5) is 74.0. The van der Waals surface area contributed by atoms with Gasteiger partial charge in [-0.2, -0.15) is 13.2 Å². The van der Waals surface area contributed by atoms with E-state index in [0.29, 0.717) is 30.3 Å². The Morgan fingerprint density at radius 2 is 1.05 bits per heavy atom. The van der Waals surface area contributed by atoms with Crippen molar-refractivity contribution in [1.29, 1.82) is 0 Å². The Balaban J connectivity index is 0.000000296. The van der Waals surface area contributed by atoms with E-state index >= 15 is 0 Å². The van der Waals surface area contributed by atoms with E-state index in [2.05, 4.69) is 46.9 Å². The molecule has 0 radical (unpaired) electrons. The standard InChI is InChI=1S/C31H48N2O6.C22H32N2O4.C2HF3O/c1-29(2,3)21-10-12-22(13-11-21)37-23-14-15-25-20(18-23)16-17-33(25)27(35)24(19-26(34)38-30(4,5)6)32-28(36)39-31(7,8)9;1-22(2,3)15-4-6-16(7-5-15)28-17-8-9-19-14(12-17)10-11-24(19)21(27)18(23)13-20(25)26;3-2(4,5)1-6/h14-15,18,21-22,24H,10-13,16-17,19H2,1-9H3,(H,32,36);8-9,12,15-16,18H,4-7,10-11,13,23H2,1-3H3,(H,25,26);1H. The predicted molar refractivity (Wildman–Crippen MR) is 273 cm³/mol. The number of esters is 1. The summed E-state index contributed by atoms with van der Waals surface area (Å²) in [6, 6.07) is 9.50. The molecule has 2 aliphatic carbocycles. The summed E-state index contributed by atoms with van der Waals surface area (Å²) in [5.74, 6) is 0.796. The van der Waals surface area contributed by atoms with Crippen molar-refractivity contribution in [2.75, 3.05) is 22.9 Å². The molecule has 2 aliphatic heterocycles. The van der Waals surface area contributed by atoms with E-state index in [0.717, 1.165) is 77.9 Å². The number of carbonyl (C=O) groups is 6. The number of ether oxygens (including phenoxy) is 4. The molecule has 2 fully saturated rings. The van der Waals surface area contributed by atoms with Crippen molar-refractivity contribution in [2.24, 2.45) is 28.4 Å². The van der Waals surface area contributed by atoms with Gasteiger partial charge >= 0.3 is 24.2 Å². The van der Waals surface area contributed by atoms with Gasteiger partial charge in [0.25, 0.3) is 0 Å². The highest BCUT2D eigenvalue weighted by molar-refractivity contribution is 6.02. The molecule has 0 spiro atoms. The second kappa shape index (κ2) is 24.8. The molecule has 4 N–H and O–H groups in total. The number of hydrogen-bond donors (Lipinski definition) is 3. The lowest BCUT2D eigenvalue weighted by molar-refractivity contribution is -0.156. The van der Waals surface area contributed by atoms with Crippen LogP contribution in [0.2, 0.25) is 0 Å². The van der Waals surface area contributed by atoms with Crippen LogP contribution in [0, 0.1) is 22.7 Å². The molecule has 2 heterocycles. The van der Waals surface area contributed by atoms with Gasteiger partial charge in [0.2, 0.25) is 18.1 Å². The summed E-state index contributed by atoms with van der Waals surface area (Å²) in [6.07, 6.45) is 3.73. The van der Waals surface area contributed by atoms with E-state index < -0.39 is 53.8 Å². The average molecular weight is 1030 g/mol. The third kappa shape index (κ3) is 19.4. The van der Waals surface area contributed by atoms with Gasteiger partial charge in [0.15, 0.2) is 0 Å². The van der Waals surface area contributed by atoms with E-state index in [-0.39, 0.29) is 36.9 Å². The number of carboxylic acid groups (broad SMARTS) is 1. The number of aliphatic carboxylic acids is 1. The number of nitrogens with one attached hydrogen (secondary N) is 1. The Hall–Kier alpha value is -5.39. The van der Waals surface area contributed by atoms with Gasteiger partial charge in [-0.25, -0.2) is 4.79 Å². The van der Waals surface area contributed by atoms with Gasteiger partial charge in [0.1, 0.15) is 28.7 Å². The number of carboxylic acids is 1. The number of nitrogens with two attached hydrogens (primary N) is 1. The van der Waals surface area contributed by atoms with E-state index in [1.165, 1.54) is 25.7 Å². The molecule has 408 valence electrons. The topological polar surface area (TPSA) is 204 Å². The Kier molecular flexibility index (Phi) is 20.4. The third-order valence-electron chi connectivity index (χ3n) is 13.5. The lowest BCUT2D eigenvalue weighted by Gasteiger charge is -2.37. The number of nitrogens with zero attached hydrogens (tertiary/aromatic N) is 2. The van der Waals surface area contributed by atoms with Crippen LogP contribution in [-0.2, 0) is 46.3 Å². The van der Waals surface area contributed by atoms with Crippen LogP contribution in [0.3, 0.4) is 0 Å². The number of aldehydes is 1. The number of amides is 3. The van der Waals surface area contributed by atoms with Crippen LogP contribution in [0.5, 0.6) is 11.5 Å². The minimum Gasteiger partial charge on any atom is -0.490 e. The van der Waals surface area contributed by atoms with Crippen molar-refractivity contribution in [3.05, 3.63) is 47.5 Å². The second-order valence-electron chi connectivity index (χ2n) is 23.8. The summed E-state index contributed by atoms with van der Waals surface area (Å²) in [5, 5.41) is 11.5. The third-order valence-corrected chi connectivity index (χ3v) is 13.5. The van der Waals surface area contributed by atoms with Crippen LogP contribution in [0.4, 0.5) is 29.3 Å². The summed E-state index contributed by atoms with van der Waals surface area (Å²) in [7, 11) is 0. The summed E-state index contributed by atoms with van der Waals surface area (Å²) >= 11 is 0. The first-order valence-corrected chi connectivity index (χ1v) is 25.6. The number of rotatable bonds is 11. The van der Waals surface area contributed by atoms with Gasteiger partial charge in [-0.05, 0) is 176 Å². The van der Waals surface area contributed by atoms with Crippen molar-refractivity contribution < 1.29 is 66.0 Å². The molecule has 0 bridgehead atoms. The van der Waals surface area contributed by atoms with Crippen molar-refractivity contribution in [3.63, 3.8) is 0 Å². The van der Waals surface area contributed by atoms with E-state index in [4.69, 9.17) is 34.6 Å². The molecule has 4 aliphatic rings. The number of benzene rings is 2. The zero-order valence-electron chi connectivity index (χ0n) is 45.0. The molecular weight excluding hydrogens is 950 g/mol. The SMILES string of the molecule is CC(C)(C)C1CCC(Oc2ccc3c(c2)CCN3C(=O)C(N)CC(=O)O)CC1.CC(C)(C)OC(=O)CC(NC(=O)OC(C)(C)C)C(=O)N1CCc2cc(OC3CCC(C(C)(C)C)CC3)ccc21.O=CC(F)(F)F. The highest BCUT2D eigenvalue weighted by atomic mass is 19.4. The van der Waals surface area contributed by atoms with Crippen molar-refractivity contribution in [1.82, 2.24) is 5.32 Å². The van der Waals surface area contributed by atoms with Crippen LogP contribution < -0.4 is 30.3 Å². The molecule has 3 amide bonds. The molecular formula is C55H81F3N4O11. The first-order valence-electron chi connectivity index (χ1n) is 25.6. The minimum absolute atomic E-state index is 0.206. The average Bonchev–Trinajstić information content (AvgIpc) is 3.88. The Labute approximate surface area is 429 Å². The summed E-state index contributed by atoms with van der Waals surface area (Å²) in [5.41, 5.74) is 8.63. The Morgan fingerprint density at radius 3 is 1.41 bits per heavy atom. The smallest absolute Gasteiger partial charge is 0.446 e. The second-order valence-corrected chi connectivity index (χ2v) is 23.8. The number of hydrogen-bond acceptors (Lipinski definition) is 11. The van der Waals surface area contributed by atoms with Gasteiger partial charge in [-0.15, -0.1) is 0 Å². The normalized spacial score (nSPS) is 20.8. The number of anilines is 2. The fourth-order valence-electron chi connectivity index (χ4n) is 9.70. The van der Waals surface area contributed by atoms with Crippen molar-refractivity contribution in [2.45, 2.75) is 202 Å². The zero-order valence-corrected chi connectivity index (χ0v) is 45.0. The van der Waals surface area contributed by atoms with E-state index in [9.17, 15) is 37.1 Å². The quantitative estimate of drug-likeness (QED) is 0.142. The molecule has 2 saturated carbocycles. The maximum Gasteiger partial charge on any atom is 0.446 e. The van der Waals surface area contributed by atoms with E-state index in [1.54, 1.807) is 51.3 Å². The fourth-order valence-corrected chi connectivity index (χ4v) is 9.70. The monoisotopic (exact) mass is 1030 g/mol. The highest BCUT2D eigenvalue weighted by Crippen LogP contribution is 2.41. The zero-order chi connectivity index (χ0) is 54.9. The van der Waals surface area contributed by atoms with Crippen molar-refractivity contribution in [3.8, 4) is 11.5 Å². The number of fused-ring (bicyclic) bond motifs is 2. The van der Waals surface area contributed by atoms with Crippen LogP contribution in [-0.4, -0.2) is 96.0 Å². The van der Waals surface area contributed by atoms with Gasteiger partial charge in [-0.1, -0.05) is 41.5 Å². The van der Waals surface area contributed by atoms with Crippen LogP contribution >= 0.6 is 0 Å². The van der Waals surface area contributed by atoms with Crippen LogP contribution in [0.1, 0.15) is 158 Å². The van der Waals surface area contributed by atoms with Crippen molar-refractivity contribution >= 4 is 47.5 Å². The highest BCUT2D eigenvalue weighted by Gasteiger charge is 2.37. The number of alkyl halides is 3. The molecule has 2 aromatic carbocycles. The summed E-state index contributed by atoms with van der Waals surface area (Å²) < 4.78 is 54.6. The molecule has 0 aromatic heterocycles. The summed E-state index contributed by atoms with van der Waals surface area (Å²) in [6.45, 7) is 25.4. The van der Waals surface area contributed by atoms with Crippen LogP contribution in [0.25, 0.3) is 0 Å². The van der Waals surface area contributed by atoms with Gasteiger partial charge in [-0.3, -0.25) is 24.0 Å². The number of carbonyl (C=O) groups excluding carboxylic acids is 5. The first kappa shape index (κ1) is 60.2.